The Balaban J connectivity index is 1.58. The van der Waals surface area contributed by atoms with E-state index in [2.05, 4.69) is 11.8 Å². The molecule has 0 radical (unpaired) electrons. The third kappa shape index (κ3) is 2.00. The molecule has 1 heterocycles. The number of fused-ring (bicyclic) bond motifs is 2. The largest absolute Gasteiger partial charge is 0.392 e. The van der Waals surface area contributed by atoms with Crippen molar-refractivity contribution in [2.45, 2.75) is 69.0 Å². The fraction of sp³-hybridized carbons (Fsp3) is 1.00. The SMILES string of the molecule is CCN1C[C@@]2(COC)CCC(OC)C34C1[C@H](C[C@H]32)[C@@]1(O)C[C@H](OC)[C@H]2C[C@@H]4C1C2O. The molecule has 0 aromatic rings. The van der Waals surface area contributed by atoms with Crippen molar-refractivity contribution in [3.05, 3.63) is 0 Å². The molecule has 6 heteroatoms. The average Bonchev–Trinajstić information content (AvgIpc) is 3.15. The van der Waals surface area contributed by atoms with Crippen LogP contribution in [0.5, 0.6) is 0 Å². The Morgan fingerprint density at radius 2 is 1.90 bits per heavy atom. The molecular formula is C24H39NO5. The quantitative estimate of drug-likeness (QED) is 0.702. The molecule has 170 valence electrons. The van der Waals surface area contributed by atoms with Gasteiger partial charge in [0.1, 0.15) is 0 Å². The summed E-state index contributed by atoms with van der Waals surface area (Å²) in [7, 11) is 5.48. The lowest BCUT2D eigenvalue weighted by Crippen LogP contribution is -2.76. The molecule has 6 aliphatic rings. The second kappa shape index (κ2) is 6.42. The zero-order chi connectivity index (χ0) is 21.1. The number of nitrogens with zero attached hydrogens (tertiary/aromatic N) is 1. The summed E-state index contributed by atoms with van der Waals surface area (Å²) in [6.07, 6.45) is 4.52. The highest BCUT2D eigenvalue weighted by molar-refractivity contribution is 5.33. The number of hydrogen-bond donors (Lipinski definition) is 2. The van der Waals surface area contributed by atoms with Crippen LogP contribution in [0.15, 0.2) is 0 Å². The average molecular weight is 422 g/mol. The fourth-order valence-corrected chi connectivity index (χ4v) is 10.7. The maximum atomic E-state index is 12.4. The minimum Gasteiger partial charge on any atom is -0.392 e. The molecule has 1 spiro atoms. The van der Waals surface area contributed by atoms with Gasteiger partial charge in [0.2, 0.25) is 0 Å². The van der Waals surface area contributed by atoms with Gasteiger partial charge in [-0.05, 0) is 44.1 Å². The molecule has 0 aromatic heterocycles. The van der Waals surface area contributed by atoms with Crippen LogP contribution in [0.2, 0.25) is 0 Å². The van der Waals surface area contributed by atoms with Crippen LogP contribution in [-0.4, -0.2) is 86.1 Å². The van der Waals surface area contributed by atoms with Crippen molar-refractivity contribution in [2.24, 2.45) is 40.4 Å². The van der Waals surface area contributed by atoms with E-state index >= 15 is 0 Å². The summed E-state index contributed by atoms with van der Waals surface area (Å²) in [5.74, 6) is 1.03. The van der Waals surface area contributed by atoms with Gasteiger partial charge in [-0.2, -0.15) is 0 Å². The molecule has 6 fully saturated rings. The Labute approximate surface area is 180 Å². The van der Waals surface area contributed by atoms with Crippen LogP contribution < -0.4 is 0 Å². The highest BCUT2D eigenvalue weighted by atomic mass is 16.5. The first-order chi connectivity index (χ1) is 14.4. The van der Waals surface area contributed by atoms with Gasteiger partial charge in [0, 0.05) is 68.9 Å². The molecule has 1 aliphatic heterocycles. The number of likely N-dealkylation sites (tertiary alicyclic amines) is 1. The Morgan fingerprint density at radius 3 is 2.57 bits per heavy atom. The van der Waals surface area contributed by atoms with Crippen LogP contribution in [-0.2, 0) is 14.2 Å². The second-order valence-corrected chi connectivity index (χ2v) is 11.5. The van der Waals surface area contributed by atoms with Crippen LogP contribution in [0.3, 0.4) is 0 Å². The predicted octanol–water partition coefficient (Wildman–Crippen LogP) is 1.53. The monoisotopic (exact) mass is 421 g/mol. The van der Waals surface area contributed by atoms with Crippen molar-refractivity contribution in [3.8, 4) is 0 Å². The van der Waals surface area contributed by atoms with Gasteiger partial charge in [0.05, 0.1) is 30.5 Å². The van der Waals surface area contributed by atoms with E-state index in [1.54, 1.807) is 7.11 Å². The number of piperidine rings is 1. The molecular weight excluding hydrogens is 382 g/mol. The van der Waals surface area contributed by atoms with E-state index in [1.165, 1.54) is 0 Å². The van der Waals surface area contributed by atoms with E-state index in [9.17, 15) is 10.2 Å². The number of methoxy groups -OCH3 is 3. The lowest BCUT2D eigenvalue weighted by atomic mass is 9.43. The third-order valence-corrected chi connectivity index (χ3v) is 11.2. The molecule has 5 aliphatic carbocycles. The van der Waals surface area contributed by atoms with Crippen molar-refractivity contribution in [3.63, 3.8) is 0 Å². The number of hydrogen-bond acceptors (Lipinski definition) is 6. The first-order valence-corrected chi connectivity index (χ1v) is 12.1. The van der Waals surface area contributed by atoms with E-state index in [-0.39, 0.29) is 46.7 Å². The van der Waals surface area contributed by atoms with Crippen molar-refractivity contribution < 1.29 is 24.4 Å². The van der Waals surface area contributed by atoms with Gasteiger partial charge in [-0.15, -0.1) is 0 Å². The number of ether oxygens (including phenoxy) is 3. The Hall–Kier alpha value is -0.240. The van der Waals surface area contributed by atoms with Crippen LogP contribution >= 0.6 is 0 Å². The normalized spacial score (nSPS) is 60.8. The lowest BCUT2D eigenvalue weighted by Gasteiger charge is -2.69. The Bertz CT molecular complexity index is 720. The first kappa shape index (κ1) is 20.4. The Kier molecular flexibility index (Phi) is 4.36. The Morgan fingerprint density at radius 1 is 1.10 bits per heavy atom. The molecule has 0 amide bonds. The van der Waals surface area contributed by atoms with Gasteiger partial charge in [0.25, 0.3) is 0 Å². The van der Waals surface area contributed by atoms with Crippen molar-refractivity contribution >= 4 is 0 Å². The van der Waals surface area contributed by atoms with Gasteiger partial charge in [-0.1, -0.05) is 6.92 Å². The molecule has 1 saturated heterocycles. The summed E-state index contributed by atoms with van der Waals surface area (Å²) in [5, 5.41) is 23.8. The van der Waals surface area contributed by atoms with Crippen LogP contribution in [0, 0.1) is 40.4 Å². The summed E-state index contributed by atoms with van der Waals surface area (Å²) in [5.41, 5.74) is -0.719. The topological polar surface area (TPSA) is 71.4 Å². The van der Waals surface area contributed by atoms with Crippen molar-refractivity contribution in [2.75, 3.05) is 41.0 Å². The van der Waals surface area contributed by atoms with Crippen LogP contribution in [0.1, 0.15) is 39.0 Å². The van der Waals surface area contributed by atoms with Gasteiger partial charge in [-0.3, -0.25) is 4.90 Å². The van der Waals surface area contributed by atoms with E-state index in [1.807, 2.05) is 14.2 Å². The second-order valence-electron chi connectivity index (χ2n) is 11.5. The molecule has 6 nitrogen and oxygen atoms in total. The van der Waals surface area contributed by atoms with E-state index in [4.69, 9.17) is 14.2 Å². The predicted molar refractivity (Wildman–Crippen MR) is 111 cm³/mol. The van der Waals surface area contributed by atoms with Gasteiger partial charge < -0.3 is 24.4 Å². The van der Waals surface area contributed by atoms with Crippen molar-refractivity contribution in [1.29, 1.82) is 0 Å². The molecule has 5 saturated carbocycles. The highest BCUT2D eigenvalue weighted by Crippen LogP contribution is 2.79. The van der Waals surface area contributed by atoms with Crippen molar-refractivity contribution in [1.82, 2.24) is 4.90 Å². The standard InChI is InChI=1S/C24H39NO5/c1-5-25-11-22(12-28-2)7-6-18(30-4)24-14-8-13-16(29-3)10-23(27,19(14)20(13)26)15(21(24)25)9-17(22)24/h13-21,26-27H,5-12H2,1-4H3/t13-,14-,15+,16+,17+,18?,19?,20?,21?,22-,23+,24?/m1/s1. The molecule has 5 unspecified atom stereocenters. The maximum absolute atomic E-state index is 12.4. The van der Waals surface area contributed by atoms with Crippen LogP contribution in [0.4, 0.5) is 0 Å². The molecule has 6 rings (SSSR count). The summed E-state index contributed by atoms with van der Waals surface area (Å²) in [4.78, 5) is 2.67. The minimum absolute atomic E-state index is 0.000283. The summed E-state index contributed by atoms with van der Waals surface area (Å²) >= 11 is 0. The number of aliphatic hydroxyl groups excluding tert-OH is 1. The molecule has 2 N–H and O–H groups in total. The first-order valence-electron chi connectivity index (χ1n) is 12.1. The molecule has 0 aromatic carbocycles. The zero-order valence-electron chi connectivity index (χ0n) is 18.9. The molecule has 7 bridgehead atoms. The molecule has 30 heavy (non-hydrogen) atoms. The lowest BCUT2D eigenvalue weighted by molar-refractivity contribution is -0.276. The molecule has 12 atom stereocenters. The van der Waals surface area contributed by atoms with E-state index in [0.29, 0.717) is 18.4 Å². The van der Waals surface area contributed by atoms with E-state index < -0.39 is 11.7 Å². The maximum Gasteiger partial charge on any atom is 0.0771 e. The van der Waals surface area contributed by atoms with Crippen LogP contribution in [0.25, 0.3) is 0 Å². The van der Waals surface area contributed by atoms with Gasteiger partial charge in [-0.25, -0.2) is 0 Å². The fourth-order valence-electron chi connectivity index (χ4n) is 10.7. The van der Waals surface area contributed by atoms with Gasteiger partial charge in [0.15, 0.2) is 0 Å². The number of aliphatic hydroxyl groups is 2. The summed E-state index contributed by atoms with van der Waals surface area (Å²) in [6.45, 7) is 5.11. The highest BCUT2D eigenvalue weighted by Gasteiger charge is 2.83. The van der Waals surface area contributed by atoms with Gasteiger partial charge >= 0.3 is 0 Å². The smallest absolute Gasteiger partial charge is 0.0771 e. The third-order valence-electron chi connectivity index (χ3n) is 11.2. The number of rotatable bonds is 5. The summed E-state index contributed by atoms with van der Waals surface area (Å²) in [6, 6.07) is 0.329. The zero-order valence-corrected chi connectivity index (χ0v) is 18.9. The minimum atomic E-state index is -0.847. The summed E-state index contributed by atoms with van der Waals surface area (Å²) < 4.78 is 18.0. The van der Waals surface area contributed by atoms with E-state index in [0.717, 1.165) is 45.4 Å².